The van der Waals surface area contributed by atoms with Gasteiger partial charge in [-0.2, -0.15) is 0 Å². The van der Waals surface area contributed by atoms with E-state index in [0.29, 0.717) is 23.5 Å². The van der Waals surface area contributed by atoms with Crippen molar-refractivity contribution in [1.82, 2.24) is 9.97 Å². The second-order valence-corrected chi connectivity index (χ2v) is 13.4. The molecule has 4 atom stereocenters. The molecule has 0 radical (unpaired) electrons. The number of nitrogens with zero attached hydrogens (tertiary/aromatic N) is 2. The molecule has 0 fully saturated rings. The number of rotatable bonds is 14. The highest BCUT2D eigenvalue weighted by Gasteiger charge is 2.25. The monoisotopic (exact) mass is 929 g/mol. The van der Waals surface area contributed by atoms with Crippen LogP contribution in [-0.4, -0.2) is 21.8 Å². The summed E-state index contributed by atoms with van der Waals surface area (Å²) in [6.45, 7) is 36.4. The third-order valence-electron chi connectivity index (χ3n) is 9.00. The standard InChI is InChI=1S/2C23H24N2O.8C2H6/c2*1-18(16-19-10-4-2-5-11-19)17-21(20-12-6-3-7-13-20)23(26)25-22-14-8-9-15-24-22;8*1-2/h2*2-15,18,21H,16-17H2,1H3,(H,24,25,26);8*1-2H3/t2*18?,21-;;;;;;;;/m10......../s1. The van der Waals surface area contributed by atoms with Crippen molar-refractivity contribution in [3.8, 4) is 0 Å². The van der Waals surface area contributed by atoms with Crippen LogP contribution in [0.4, 0.5) is 11.6 Å². The number of carbonyl (C=O) groups is 2. The van der Waals surface area contributed by atoms with Gasteiger partial charge in [-0.05, 0) is 84.0 Å². The molecule has 0 saturated carbocycles. The Kier molecular flexibility index (Phi) is 51.0. The largest absolute Gasteiger partial charge is 0.310 e. The minimum absolute atomic E-state index is 0.00480. The summed E-state index contributed by atoms with van der Waals surface area (Å²) < 4.78 is 0. The fourth-order valence-corrected chi connectivity index (χ4v) is 6.46. The van der Waals surface area contributed by atoms with Gasteiger partial charge in [-0.1, -0.05) is 258 Å². The fraction of sp³-hybridized carbons (Fsp3) is 0.419. The maximum absolute atomic E-state index is 12.9. The Bertz CT molecular complexity index is 1750. The first-order valence-electron chi connectivity index (χ1n) is 26.1. The van der Waals surface area contributed by atoms with Crippen LogP contribution in [0.3, 0.4) is 0 Å². The van der Waals surface area contributed by atoms with Crippen molar-refractivity contribution in [1.29, 1.82) is 0 Å². The molecule has 4 aromatic carbocycles. The fourth-order valence-electron chi connectivity index (χ4n) is 6.46. The zero-order valence-electron chi connectivity index (χ0n) is 46.0. The average molecular weight is 929 g/mol. The highest BCUT2D eigenvalue weighted by molar-refractivity contribution is 5.95. The molecule has 376 valence electrons. The lowest BCUT2D eigenvalue weighted by molar-refractivity contribution is -0.118. The lowest BCUT2D eigenvalue weighted by Crippen LogP contribution is -2.24. The summed E-state index contributed by atoms with van der Waals surface area (Å²) >= 11 is 0. The summed E-state index contributed by atoms with van der Waals surface area (Å²) in [7, 11) is 0. The smallest absolute Gasteiger partial charge is 0.233 e. The van der Waals surface area contributed by atoms with Gasteiger partial charge in [-0.25, -0.2) is 9.97 Å². The quantitative estimate of drug-likeness (QED) is 0.114. The lowest BCUT2D eigenvalue weighted by Gasteiger charge is -2.21. The first-order valence-corrected chi connectivity index (χ1v) is 26.1. The Morgan fingerprint density at radius 3 is 0.868 bits per heavy atom. The van der Waals surface area contributed by atoms with E-state index in [9.17, 15) is 9.59 Å². The second-order valence-electron chi connectivity index (χ2n) is 13.4. The number of amides is 2. The molecule has 0 bridgehead atoms. The molecule has 6 nitrogen and oxygen atoms in total. The summed E-state index contributed by atoms with van der Waals surface area (Å²) in [6.07, 6.45) is 6.87. The zero-order chi connectivity index (χ0) is 52.4. The summed E-state index contributed by atoms with van der Waals surface area (Å²) in [6, 6.07) is 51.9. The van der Waals surface area contributed by atoms with Gasteiger partial charge in [0.15, 0.2) is 0 Å². The number of benzene rings is 4. The van der Waals surface area contributed by atoms with E-state index in [1.807, 2.05) is 220 Å². The van der Waals surface area contributed by atoms with Gasteiger partial charge in [0.1, 0.15) is 11.6 Å². The summed E-state index contributed by atoms with van der Waals surface area (Å²) in [4.78, 5) is 34.3. The molecule has 2 aromatic heterocycles. The van der Waals surface area contributed by atoms with E-state index in [1.54, 1.807) is 12.4 Å². The van der Waals surface area contributed by atoms with Crippen LogP contribution in [0.25, 0.3) is 0 Å². The second kappa shape index (κ2) is 50.5. The Balaban J connectivity index is -0.000000465. The van der Waals surface area contributed by atoms with Crippen LogP contribution in [0.1, 0.15) is 172 Å². The van der Waals surface area contributed by atoms with Crippen molar-refractivity contribution >= 4 is 23.5 Å². The number of aromatic nitrogens is 2. The Morgan fingerprint density at radius 1 is 0.368 bits per heavy atom. The zero-order valence-corrected chi connectivity index (χ0v) is 46.0. The third kappa shape index (κ3) is 31.2. The van der Waals surface area contributed by atoms with Gasteiger partial charge in [0.2, 0.25) is 11.8 Å². The molecule has 2 amide bonds. The van der Waals surface area contributed by atoms with E-state index in [4.69, 9.17) is 0 Å². The summed E-state index contributed by atoms with van der Waals surface area (Å²) in [5, 5.41) is 5.92. The topological polar surface area (TPSA) is 84.0 Å². The molecule has 6 aromatic rings. The number of pyridine rings is 2. The predicted octanol–water partition coefficient (Wildman–Crippen LogP) is 18.4. The van der Waals surface area contributed by atoms with Gasteiger partial charge in [-0.15, -0.1) is 0 Å². The maximum Gasteiger partial charge on any atom is 0.233 e. The molecule has 0 aliphatic heterocycles. The molecule has 6 rings (SSSR count). The van der Waals surface area contributed by atoms with Crippen LogP contribution in [0.15, 0.2) is 170 Å². The van der Waals surface area contributed by atoms with Gasteiger partial charge < -0.3 is 10.6 Å². The molecule has 0 spiro atoms. The number of carbonyl (C=O) groups excluding carboxylic acids is 2. The van der Waals surface area contributed by atoms with Crippen molar-refractivity contribution in [2.24, 2.45) is 11.8 Å². The van der Waals surface area contributed by atoms with Crippen LogP contribution >= 0.6 is 0 Å². The van der Waals surface area contributed by atoms with Crippen LogP contribution in [-0.2, 0) is 22.4 Å². The minimum atomic E-state index is -0.197. The van der Waals surface area contributed by atoms with Crippen LogP contribution in [0, 0.1) is 11.8 Å². The first kappa shape index (κ1) is 68.7. The van der Waals surface area contributed by atoms with Crippen molar-refractivity contribution < 1.29 is 9.59 Å². The van der Waals surface area contributed by atoms with Crippen molar-refractivity contribution in [2.75, 3.05) is 10.6 Å². The first-order chi connectivity index (χ1) is 33.4. The Hall–Kier alpha value is -5.88. The summed E-state index contributed by atoms with van der Waals surface area (Å²) in [5.41, 5.74) is 4.69. The molecule has 68 heavy (non-hydrogen) atoms. The number of hydrogen-bond acceptors (Lipinski definition) is 4. The molecule has 0 saturated heterocycles. The van der Waals surface area contributed by atoms with Gasteiger partial charge in [0.05, 0.1) is 11.8 Å². The van der Waals surface area contributed by atoms with Gasteiger partial charge >= 0.3 is 0 Å². The van der Waals surface area contributed by atoms with E-state index in [2.05, 4.69) is 83.0 Å². The molecular weight excluding hydrogens is 833 g/mol. The maximum atomic E-state index is 12.9. The van der Waals surface area contributed by atoms with Crippen LogP contribution < -0.4 is 10.6 Å². The molecule has 2 heterocycles. The third-order valence-corrected chi connectivity index (χ3v) is 9.00. The van der Waals surface area contributed by atoms with Crippen LogP contribution in [0.2, 0.25) is 0 Å². The summed E-state index contributed by atoms with van der Waals surface area (Å²) in [5.74, 6) is 1.55. The normalized spacial score (nSPS) is 10.6. The van der Waals surface area contributed by atoms with E-state index < -0.39 is 0 Å². The molecule has 2 unspecified atom stereocenters. The lowest BCUT2D eigenvalue weighted by atomic mass is 9.86. The van der Waals surface area contributed by atoms with E-state index in [0.717, 1.165) is 36.8 Å². The highest BCUT2D eigenvalue weighted by Crippen LogP contribution is 2.29. The number of anilines is 2. The SMILES string of the molecule is CC.CC.CC.CC.CC.CC.CC.CC.CC(Cc1ccccc1)C[C@@H](C(=O)Nc1ccccn1)c1ccccc1.CC(Cc1ccccc1)C[C@H](C(=O)Nc1ccccn1)c1ccccc1. The predicted molar refractivity (Wildman–Crippen MR) is 303 cm³/mol. The Morgan fingerprint density at radius 2 is 0.618 bits per heavy atom. The molecule has 0 aliphatic rings. The van der Waals surface area contributed by atoms with E-state index >= 15 is 0 Å². The minimum Gasteiger partial charge on any atom is -0.310 e. The van der Waals surface area contributed by atoms with Crippen LogP contribution in [0.5, 0.6) is 0 Å². The van der Waals surface area contributed by atoms with Gasteiger partial charge in [0.25, 0.3) is 0 Å². The Labute approximate surface area is 418 Å². The molecular formula is C62H96N4O2. The van der Waals surface area contributed by atoms with E-state index in [-0.39, 0.29) is 23.7 Å². The number of nitrogens with one attached hydrogen (secondary N) is 2. The molecule has 0 aliphatic carbocycles. The van der Waals surface area contributed by atoms with Crippen molar-refractivity contribution in [3.05, 3.63) is 192 Å². The highest BCUT2D eigenvalue weighted by atomic mass is 16.2. The van der Waals surface area contributed by atoms with Crippen molar-refractivity contribution in [3.63, 3.8) is 0 Å². The number of hydrogen-bond donors (Lipinski definition) is 2. The van der Waals surface area contributed by atoms with Gasteiger partial charge in [-0.3, -0.25) is 9.59 Å². The average Bonchev–Trinajstić information content (AvgIpc) is 3.43. The van der Waals surface area contributed by atoms with Crippen molar-refractivity contribution in [2.45, 2.75) is 162 Å². The van der Waals surface area contributed by atoms with Gasteiger partial charge in [0, 0.05) is 12.4 Å². The molecule has 2 N–H and O–H groups in total. The molecule has 6 heteroatoms. The van der Waals surface area contributed by atoms with E-state index in [1.165, 1.54) is 11.1 Å².